The lowest BCUT2D eigenvalue weighted by atomic mass is 10.1. The van der Waals surface area contributed by atoms with E-state index < -0.39 is 0 Å². The highest BCUT2D eigenvalue weighted by molar-refractivity contribution is 5.99. The Labute approximate surface area is 164 Å². The molecule has 0 bridgehead atoms. The van der Waals surface area contributed by atoms with E-state index in [0.29, 0.717) is 5.76 Å². The van der Waals surface area contributed by atoms with Crippen LogP contribution < -0.4 is 10.2 Å². The zero-order valence-electron chi connectivity index (χ0n) is 16.3. The molecule has 2 aromatic heterocycles. The summed E-state index contributed by atoms with van der Waals surface area (Å²) >= 11 is 0. The van der Waals surface area contributed by atoms with Gasteiger partial charge in [0.25, 0.3) is 5.91 Å². The molecule has 1 saturated heterocycles. The molecule has 0 aliphatic carbocycles. The number of aryl methyl sites for hydroxylation is 1. The lowest BCUT2D eigenvalue weighted by molar-refractivity contribution is 0.0901. The minimum absolute atomic E-state index is 0.0274. The molecule has 7 heteroatoms. The first-order valence-corrected chi connectivity index (χ1v) is 9.65. The summed E-state index contributed by atoms with van der Waals surface area (Å²) in [6.45, 7) is 8.36. The number of hydrogen-bond acceptors (Lipinski definition) is 6. The first kappa shape index (κ1) is 18.4. The molecule has 1 atom stereocenters. The average Bonchev–Trinajstić information content (AvgIpc) is 3.06. The molecule has 1 aliphatic rings. The van der Waals surface area contributed by atoms with Gasteiger partial charge in [0.2, 0.25) is 5.95 Å². The summed E-state index contributed by atoms with van der Waals surface area (Å²) in [5.74, 6) is 1.03. The van der Waals surface area contributed by atoms with Crippen LogP contribution in [-0.4, -0.2) is 59.5 Å². The summed E-state index contributed by atoms with van der Waals surface area (Å²) in [5.41, 5.74) is 1.63. The zero-order chi connectivity index (χ0) is 19.5. The second-order valence-corrected chi connectivity index (χ2v) is 7.26. The molecule has 0 radical (unpaired) electrons. The molecule has 0 spiro atoms. The molecule has 4 rings (SSSR count). The minimum atomic E-state index is -0.155. The zero-order valence-corrected chi connectivity index (χ0v) is 16.3. The summed E-state index contributed by atoms with van der Waals surface area (Å²) in [6.07, 6.45) is 3.54. The maximum absolute atomic E-state index is 12.7. The fourth-order valence-corrected chi connectivity index (χ4v) is 3.70. The molecule has 146 valence electrons. The van der Waals surface area contributed by atoms with Crippen molar-refractivity contribution in [3.63, 3.8) is 0 Å². The van der Waals surface area contributed by atoms with Crippen LogP contribution >= 0.6 is 0 Å². The number of fused-ring (bicyclic) bond motifs is 1. The lowest BCUT2D eigenvalue weighted by Gasteiger charge is -2.35. The fourth-order valence-electron chi connectivity index (χ4n) is 3.70. The van der Waals surface area contributed by atoms with Gasteiger partial charge in [-0.1, -0.05) is 18.2 Å². The van der Waals surface area contributed by atoms with Crippen molar-refractivity contribution < 1.29 is 9.21 Å². The van der Waals surface area contributed by atoms with Gasteiger partial charge in [-0.05, 0) is 26.0 Å². The summed E-state index contributed by atoms with van der Waals surface area (Å²) in [4.78, 5) is 25.9. The van der Waals surface area contributed by atoms with Crippen LogP contribution in [0.1, 0.15) is 23.0 Å². The van der Waals surface area contributed by atoms with E-state index in [9.17, 15) is 4.79 Å². The van der Waals surface area contributed by atoms with Crippen LogP contribution in [0.4, 0.5) is 5.95 Å². The Kier molecular flexibility index (Phi) is 5.25. The first-order chi connectivity index (χ1) is 13.6. The molecule has 1 unspecified atom stereocenters. The Bertz CT molecular complexity index is 948. The third-order valence-corrected chi connectivity index (χ3v) is 5.17. The number of carbonyl (C=O) groups is 1. The largest absolute Gasteiger partial charge is 0.451 e. The van der Waals surface area contributed by atoms with Crippen LogP contribution in [-0.2, 0) is 0 Å². The van der Waals surface area contributed by atoms with E-state index in [-0.39, 0.29) is 11.9 Å². The smallest absolute Gasteiger partial charge is 0.287 e. The molecule has 3 aromatic rings. The third kappa shape index (κ3) is 3.84. The number of hydrogen-bond donors (Lipinski definition) is 1. The van der Waals surface area contributed by atoms with E-state index in [1.54, 1.807) is 12.4 Å². The Morgan fingerprint density at radius 3 is 2.57 bits per heavy atom. The molecule has 1 aromatic carbocycles. The number of aromatic nitrogens is 2. The minimum Gasteiger partial charge on any atom is -0.451 e. The number of amides is 1. The van der Waals surface area contributed by atoms with E-state index >= 15 is 0 Å². The molecular formula is C21H25N5O2. The van der Waals surface area contributed by atoms with E-state index in [1.807, 2.05) is 44.2 Å². The van der Waals surface area contributed by atoms with E-state index in [0.717, 1.165) is 55.2 Å². The standard InChI is InChI=1S/C21H25N5O2/c1-15(14-25-10-12-26(13-11-25)21-22-8-5-9-23-21)24-20(27)19-16(2)17-6-3-4-7-18(17)28-19/h3-9,15H,10-14H2,1-2H3,(H,24,27). The van der Waals surface area contributed by atoms with Crippen LogP contribution in [0, 0.1) is 6.92 Å². The van der Waals surface area contributed by atoms with Crippen molar-refractivity contribution in [1.29, 1.82) is 0 Å². The number of nitrogens with one attached hydrogen (secondary N) is 1. The molecule has 1 amide bonds. The average molecular weight is 379 g/mol. The number of para-hydroxylation sites is 1. The van der Waals surface area contributed by atoms with Gasteiger partial charge in [-0.3, -0.25) is 9.69 Å². The van der Waals surface area contributed by atoms with Gasteiger partial charge < -0.3 is 14.6 Å². The van der Waals surface area contributed by atoms with Gasteiger partial charge in [0, 0.05) is 62.1 Å². The van der Waals surface area contributed by atoms with E-state index in [1.165, 1.54) is 0 Å². The molecule has 3 heterocycles. The monoisotopic (exact) mass is 379 g/mol. The molecule has 1 N–H and O–H groups in total. The summed E-state index contributed by atoms with van der Waals surface area (Å²) < 4.78 is 5.77. The first-order valence-electron chi connectivity index (χ1n) is 9.65. The van der Waals surface area contributed by atoms with Crippen LogP contribution in [0.3, 0.4) is 0 Å². The topological polar surface area (TPSA) is 74.5 Å². The third-order valence-electron chi connectivity index (χ3n) is 5.17. The lowest BCUT2D eigenvalue weighted by Crippen LogP contribution is -2.51. The quantitative estimate of drug-likeness (QED) is 0.734. The maximum Gasteiger partial charge on any atom is 0.287 e. The van der Waals surface area contributed by atoms with Crippen LogP contribution in [0.25, 0.3) is 11.0 Å². The van der Waals surface area contributed by atoms with Crippen molar-refractivity contribution in [2.24, 2.45) is 0 Å². The number of carbonyl (C=O) groups excluding carboxylic acids is 1. The number of furan rings is 1. The summed E-state index contributed by atoms with van der Waals surface area (Å²) in [6, 6.07) is 9.58. The van der Waals surface area contributed by atoms with Gasteiger partial charge in [0.15, 0.2) is 5.76 Å². The van der Waals surface area contributed by atoms with Crippen molar-refractivity contribution in [3.8, 4) is 0 Å². The van der Waals surface area contributed by atoms with Gasteiger partial charge in [0.1, 0.15) is 5.58 Å². The molecule has 7 nitrogen and oxygen atoms in total. The number of anilines is 1. The summed E-state index contributed by atoms with van der Waals surface area (Å²) in [7, 11) is 0. The normalized spacial score (nSPS) is 16.3. The van der Waals surface area contributed by atoms with Gasteiger partial charge >= 0.3 is 0 Å². The molecule has 0 saturated carbocycles. The number of rotatable bonds is 5. The summed E-state index contributed by atoms with van der Waals surface area (Å²) in [5, 5.41) is 4.06. The molecule has 28 heavy (non-hydrogen) atoms. The maximum atomic E-state index is 12.7. The second-order valence-electron chi connectivity index (χ2n) is 7.26. The van der Waals surface area contributed by atoms with Gasteiger partial charge in [-0.15, -0.1) is 0 Å². The van der Waals surface area contributed by atoms with Crippen LogP contribution in [0.5, 0.6) is 0 Å². The van der Waals surface area contributed by atoms with Crippen LogP contribution in [0.2, 0.25) is 0 Å². The van der Waals surface area contributed by atoms with Crippen molar-refractivity contribution >= 4 is 22.8 Å². The number of nitrogens with zero attached hydrogens (tertiary/aromatic N) is 4. The Hall–Kier alpha value is -2.93. The predicted molar refractivity (Wildman–Crippen MR) is 109 cm³/mol. The number of benzene rings is 1. The predicted octanol–water partition coefficient (Wildman–Crippen LogP) is 2.47. The number of piperazine rings is 1. The highest BCUT2D eigenvalue weighted by Gasteiger charge is 2.23. The van der Waals surface area contributed by atoms with Crippen LogP contribution in [0.15, 0.2) is 47.1 Å². The van der Waals surface area contributed by atoms with Gasteiger partial charge in [-0.2, -0.15) is 0 Å². The van der Waals surface area contributed by atoms with Crippen molar-refractivity contribution in [1.82, 2.24) is 20.2 Å². The second kappa shape index (κ2) is 7.98. The Morgan fingerprint density at radius 2 is 1.86 bits per heavy atom. The van der Waals surface area contributed by atoms with Crippen molar-refractivity contribution in [2.45, 2.75) is 19.9 Å². The Balaban J connectivity index is 1.31. The van der Waals surface area contributed by atoms with Gasteiger partial charge in [-0.25, -0.2) is 9.97 Å². The highest BCUT2D eigenvalue weighted by Crippen LogP contribution is 2.24. The molecular weight excluding hydrogens is 354 g/mol. The van der Waals surface area contributed by atoms with Crippen molar-refractivity contribution in [3.05, 3.63) is 54.0 Å². The molecule has 1 fully saturated rings. The highest BCUT2D eigenvalue weighted by atomic mass is 16.3. The van der Waals surface area contributed by atoms with E-state index in [2.05, 4.69) is 25.1 Å². The van der Waals surface area contributed by atoms with Crippen molar-refractivity contribution in [2.75, 3.05) is 37.6 Å². The van der Waals surface area contributed by atoms with Gasteiger partial charge in [0.05, 0.1) is 0 Å². The van der Waals surface area contributed by atoms with E-state index in [4.69, 9.17) is 4.42 Å². The molecule has 1 aliphatic heterocycles. The Morgan fingerprint density at radius 1 is 1.14 bits per heavy atom. The SMILES string of the molecule is Cc1c(C(=O)NC(C)CN2CCN(c3ncccn3)CC2)oc2ccccc12. The fraction of sp³-hybridized carbons (Fsp3) is 0.381.